The highest BCUT2D eigenvalue weighted by Crippen LogP contribution is 2.18. The van der Waals surface area contributed by atoms with Gasteiger partial charge in [0.1, 0.15) is 0 Å². The molecule has 4 heteroatoms. The Morgan fingerprint density at radius 3 is 2.23 bits per heavy atom. The number of urea groups is 1. The predicted octanol–water partition coefficient (Wildman–Crippen LogP) is 3.87. The van der Waals surface area contributed by atoms with Gasteiger partial charge in [0.05, 0.1) is 6.61 Å². The minimum absolute atomic E-state index is 0.0598. The van der Waals surface area contributed by atoms with Gasteiger partial charge in [0.2, 0.25) is 0 Å². The minimum Gasteiger partial charge on any atom is -0.376 e. The first-order valence-corrected chi connectivity index (χ1v) is 9.49. The van der Waals surface area contributed by atoms with Crippen LogP contribution in [0.1, 0.15) is 24.0 Å². The monoisotopic (exact) mass is 352 g/mol. The molecule has 1 heterocycles. The number of likely N-dealkylation sites (tertiary alicyclic amines) is 1. The Bertz CT molecular complexity index is 652. The first-order valence-electron chi connectivity index (χ1n) is 9.49. The van der Waals surface area contributed by atoms with Crippen molar-refractivity contribution in [1.82, 2.24) is 10.2 Å². The van der Waals surface area contributed by atoms with Gasteiger partial charge in [0, 0.05) is 26.2 Å². The molecule has 2 aromatic carbocycles. The van der Waals surface area contributed by atoms with Crippen molar-refractivity contribution in [3.8, 4) is 0 Å². The van der Waals surface area contributed by atoms with E-state index in [2.05, 4.69) is 29.6 Å². The van der Waals surface area contributed by atoms with Gasteiger partial charge >= 0.3 is 6.03 Å². The van der Waals surface area contributed by atoms with E-state index in [9.17, 15) is 4.79 Å². The molecular weight excluding hydrogens is 324 g/mol. The van der Waals surface area contributed by atoms with E-state index < -0.39 is 0 Å². The number of hydrogen-bond donors (Lipinski definition) is 1. The predicted molar refractivity (Wildman–Crippen MR) is 104 cm³/mol. The second kappa shape index (κ2) is 9.97. The molecule has 0 spiro atoms. The van der Waals surface area contributed by atoms with Gasteiger partial charge in [-0.25, -0.2) is 4.79 Å². The summed E-state index contributed by atoms with van der Waals surface area (Å²) in [7, 11) is 0. The van der Waals surface area contributed by atoms with Gasteiger partial charge in [-0.05, 0) is 36.3 Å². The average molecular weight is 352 g/mol. The number of carbonyl (C=O) groups excluding carboxylic acids is 1. The molecule has 3 rings (SSSR count). The first kappa shape index (κ1) is 18.5. The van der Waals surface area contributed by atoms with Crippen LogP contribution >= 0.6 is 0 Å². The summed E-state index contributed by atoms with van der Waals surface area (Å²) in [5.74, 6) is 0.548. The lowest BCUT2D eigenvalue weighted by Crippen LogP contribution is -2.45. The van der Waals surface area contributed by atoms with Gasteiger partial charge in [-0.2, -0.15) is 0 Å². The van der Waals surface area contributed by atoms with E-state index in [1.165, 1.54) is 11.1 Å². The lowest BCUT2D eigenvalue weighted by atomic mass is 9.98. The highest BCUT2D eigenvalue weighted by Gasteiger charge is 2.22. The molecule has 2 aromatic rings. The fraction of sp³-hybridized carbons (Fsp3) is 0.409. The zero-order valence-corrected chi connectivity index (χ0v) is 15.3. The molecule has 0 unspecified atom stereocenters. The lowest BCUT2D eigenvalue weighted by molar-refractivity contribution is 0.0630. The molecule has 0 radical (unpaired) electrons. The SMILES string of the molecule is O=C(NCCc1ccccc1)N1CCC(COCc2ccccc2)CC1. The maximum Gasteiger partial charge on any atom is 0.317 e. The topological polar surface area (TPSA) is 41.6 Å². The van der Waals surface area contributed by atoms with Crippen LogP contribution in [0.3, 0.4) is 0 Å². The van der Waals surface area contributed by atoms with Crippen molar-refractivity contribution in [2.24, 2.45) is 5.92 Å². The van der Waals surface area contributed by atoms with Crippen LogP contribution in [0.4, 0.5) is 4.79 Å². The Hall–Kier alpha value is -2.33. The molecule has 0 atom stereocenters. The molecule has 26 heavy (non-hydrogen) atoms. The number of nitrogens with zero attached hydrogens (tertiary/aromatic N) is 1. The van der Waals surface area contributed by atoms with E-state index in [1.807, 2.05) is 41.3 Å². The van der Waals surface area contributed by atoms with E-state index >= 15 is 0 Å². The van der Waals surface area contributed by atoms with Crippen molar-refractivity contribution in [2.45, 2.75) is 25.9 Å². The summed E-state index contributed by atoms with van der Waals surface area (Å²) < 4.78 is 5.85. The molecule has 2 amide bonds. The summed E-state index contributed by atoms with van der Waals surface area (Å²) in [6, 6.07) is 20.6. The molecule has 1 aliphatic heterocycles. The molecule has 0 aliphatic carbocycles. The number of benzene rings is 2. The zero-order valence-electron chi connectivity index (χ0n) is 15.3. The number of rotatable bonds is 7. The van der Waals surface area contributed by atoms with Gasteiger partial charge in [-0.15, -0.1) is 0 Å². The van der Waals surface area contributed by atoms with Crippen LogP contribution in [0, 0.1) is 5.92 Å². The highest BCUT2D eigenvalue weighted by atomic mass is 16.5. The van der Waals surface area contributed by atoms with Gasteiger partial charge in [-0.3, -0.25) is 0 Å². The van der Waals surface area contributed by atoms with Gasteiger partial charge in [0.15, 0.2) is 0 Å². The van der Waals surface area contributed by atoms with Crippen LogP contribution in [-0.4, -0.2) is 37.2 Å². The number of carbonyl (C=O) groups is 1. The molecular formula is C22H28N2O2. The summed E-state index contributed by atoms with van der Waals surface area (Å²) in [4.78, 5) is 14.2. The molecule has 138 valence electrons. The van der Waals surface area contributed by atoms with Crippen LogP contribution < -0.4 is 5.32 Å². The lowest BCUT2D eigenvalue weighted by Gasteiger charge is -2.32. The second-order valence-electron chi connectivity index (χ2n) is 6.90. The Labute approximate surface area is 156 Å². The summed E-state index contributed by atoms with van der Waals surface area (Å²) in [5.41, 5.74) is 2.46. The summed E-state index contributed by atoms with van der Waals surface area (Å²) >= 11 is 0. The number of hydrogen-bond acceptors (Lipinski definition) is 2. The Kier molecular flexibility index (Phi) is 7.08. The number of nitrogens with one attached hydrogen (secondary N) is 1. The maximum absolute atomic E-state index is 12.3. The first-order chi connectivity index (χ1) is 12.8. The Balaban J connectivity index is 1.29. The molecule has 1 fully saturated rings. The Morgan fingerprint density at radius 1 is 0.962 bits per heavy atom. The third-order valence-corrected chi connectivity index (χ3v) is 4.90. The fourth-order valence-corrected chi connectivity index (χ4v) is 3.29. The highest BCUT2D eigenvalue weighted by molar-refractivity contribution is 5.74. The van der Waals surface area contributed by atoms with Gasteiger partial charge < -0.3 is 15.0 Å². The maximum atomic E-state index is 12.3. The quantitative estimate of drug-likeness (QED) is 0.822. The molecule has 0 bridgehead atoms. The van der Waals surface area contributed by atoms with Crippen molar-refractivity contribution in [2.75, 3.05) is 26.2 Å². The van der Waals surface area contributed by atoms with E-state index in [0.717, 1.165) is 39.0 Å². The van der Waals surface area contributed by atoms with Crippen molar-refractivity contribution < 1.29 is 9.53 Å². The summed E-state index contributed by atoms with van der Waals surface area (Å²) in [6.07, 6.45) is 2.90. The second-order valence-corrected chi connectivity index (χ2v) is 6.90. The third kappa shape index (κ3) is 5.88. The third-order valence-electron chi connectivity index (χ3n) is 4.90. The van der Waals surface area contributed by atoms with E-state index in [-0.39, 0.29) is 6.03 Å². The normalized spacial score (nSPS) is 15.0. The minimum atomic E-state index is 0.0598. The van der Waals surface area contributed by atoms with Gasteiger partial charge in [0.25, 0.3) is 0 Å². The van der Waals surface area contributed by atoms with Crippen molar-refractivity contribution in [1.29, 1.82) is 0 Å². The van der Waals surface area contributed by atoms with Crippen LogP contribution in [0.2, 0.25) is 0 Å². The van der Waals surface area contributed by atoms with Crippen LogP contribution in [-0.2, 0) is 17.8 Å². The molecule has 1 saturated heterocycles. The molecule has 1 N–H and O–H groups in total. The molecule has 0 saturated carbocycles. The smallest absolute Gasteiger partial charge is 0.317 e. The summed E-state index contributed by atoms with van der Waals surface area (Å²) in [6.45, 7) is 3.76. The van der Waals surface area contributed by atoms with E-state index in [1.54, 1.807) is 0 Å². The fourth-order valence-electron chi connectivity index (χ4n) is 3.29. The van der Waals surface area contributed by atoms with Crippen LogP contribution in [0.5, 0.6) is 0 Å². The van der Waals surface area contributed by atoms with Crippen molar-refractivity contribution in [3.05, 3.63) is 71.8 Å². The van der Waals surface area contributed by atoms with E-state index in [0.29, 0.717) is 19.1 Å². The number of amides is 2. The largest absolute Gasteiger partial charge is 0.376 e. The Morgan fingerprint density at radius 2 is 1.58 bits per heavy atom. The van der Waals surface area contributed by atoms with Crippen LogP contribution in [0.25, 0.3) is 0 Å². The standard InChI is InChI=1S/C22H28N2O2/c25-22(23-14-11-19-7-3-1-4-8-19)24-15-12-21(13-16-24)18-26-17-20-9-5-2-6-10-20/h1-10,21H,11-18H2,(H,23,25). The molecule has 1 aliphatic rings. The summed E-state index contributed by atoms with van der Waals surface area (Å²) in [5, 5.41) is 3.04. The van der Waals surface area contributed by atoms with E-state index in [4.69, 9.17) is 4.74 Å². The van der Waals surface area contributed by atoms with Crippen molar-refractivity contribution >= 4 is 6.03 Å². The molecule has 4 nitrogen and oxygen atoms in total. The number of ether oxygens (including phenoxy) is 1. The van der Waals surface area contributed by atoms with Crippen LogP contribution in [0.15, 0.2) is 60.7 Å². The number of piperidine rings is 1. The zero-order chi connectivity index (χ0) is 18.0. The average Bonchev–Trinajstić information content (AvgIpc) is 2.70. The molecule has 0 aromatic heterocycles. The van der Waals surface area contributed by atoms with Gasteiger partial charge in [-0.1, -0.05) is 60.7 Å². The van der Waals surface area contributed by atoms with Crippen molar-refractivity contribution in [3.63, 3.8) is 0 Å².